The van der Waals surface area contributed by atoms with E-state index in [0.717, 1.165) is 21.2 Å². The molecule has 0 saturated heterocycles. The summed E-state index contributed by atoms with van der Waals surface area (Å²) in [6, 6.07) is 47.7. The summed E-state index contributed by atoms with van der Waals surface area (Å²) in [5.41, 5.74) is -0.664. The van der Waals surface area contributed by atoms with Crippen LogP contribution in [0.5, 0.6) is 0 Å². The summed E-state index contributed by atoms with van der Waals surface area (Å²) in [7, 11) is 1.96. The van der Waals surface area contributed by atoms with E-state index in [1.807, 2.05) is 133 Å². The van der Waals surface area contributed by atoms with Gasteiger partial charge in [0, 0.05) is 32.4 Å². The normalized spacial score (nSPS) is 12.1. The van der Waals surface area contributed by atoms with Gasteiger partial charge >= 0.3 is 23.9 Å². The second-order valence-electron chi connectivity index (χ2n) is 11.6. The molecule has 11 heteroatoms. The van der Waals surface area contributed by atoms with Crippen LogP contribution in [-0.2, 0) is 59.2 Å². The second kappa shape index (κ2) is 20.1. The van der Waals surface area contributed by atoms with Crippen LogP contribution in [-0.4, -0.2) is 52.3 Å². The predicted octanol–water partition coefficient (Wildman–Crippen LogP) is 5.76. The van der Waals surface area contributed by atoms with Crippen molar-refractivity contribution in [3.63, 3.8) is 0 Å². The van der Waals surface area contributed by atoms with Crippen LogP contribution in [0.25, 0.3) is 0 Å². The van der Waals surface area contributed by atoms with Crippen LogP contribution in [0, 0.1) is 17.9 Å². The Morgan fingerprint density at radius 1 is 0.415 bits per heavy atom. The summed E-state index contributed by atoms with van der Waals surface area (Å²) < 4.78 is 21.0. The fourth-order valence-electron chi connectivity index (χ4n) is 6.30. The van der Waals surface area contributed by atoms with E-state index in [0.29, 0.717) is 11.1 Å². The first-order valence-electron chi connectivity index (χ1n) is 16.5. The average Bonchev–Trinajstić information content (AvgIpc) is 3.21. The molecule has 0 amide bonds. The molecule has 5 aromatic rings. The number of esters is 4. The maximum Gasteiger partial charge on any atom is 0.320 e. The molecule has 2 atom stereocenters. The maximum absolute atomic E-state index is 13.7. The van der Waals surface area contributed by atoms with E-state index >= 15 is 0 Å². The van der Waals surface area contributed by atoms with Gasteiger partial charge in [-0.3, -0.25) is 19.2 Å². The number of rotatable bonds is 14. The van der Waals surface area contributed by atoms with Gasteiger partial charge in [-0.05, 0) is 37.1 Å². The molecule has 8 nitrogen and oxygen atoms in total. The fourth-order valence-corrected chi connectivity index (χ4v) is 12.1. The predicted molar refractivity (Wildman–Crippen MR) is 204 cm³/mol. The molecule has 0 fully saturated rings. The number of hydrogen-bond acceptors (Lipinski definition) is 8. The minimum atomic E-state index is -1.50. The maximum atomic E-state index is 13.7. The van der Waals surface area contributed by atoms with Crippen molar-refractivity contribution in [3.05, 3.63) is 157 Å². The van der Waals surface area contributed by atoms with E-state index in [4.69, 9.17) is 18.9 Å². The standard InChI is InChI=1S/C42H39O8P2.Pt/c1-47-39(43)35(40(44)48-2)37(51(31-20-9-5-10-21-31)32-22-11-6-12-23-32)29-18-17-19-30(28-29)38(36(41(45)49-3)42(46)50-4)52(33-24-13-7-14-25-33)34-26-15-8-16-27-34;/h5-27,35-38H,1-4H3;/q-1;/t37-,38-;/m0./s1. The summed E-state index contributed by atoms with van der Waals surface area (Å²) in [5, 5.41) is 3.61. The molecule has 0 N–H and O–H groups in total. The molecule has 276 valence electrons. The van der Waals surface area contributed by atoms with Gasteiger partial charge in [0.05, 0.1) is 28.4 Å². The van der Waals surface area contributed by atoms with Crippen LogP contribution in [0.15, 0.2) is 140 Å². The van der Waals surface area contributed by atoms with E-state index < -0.39 is 62.9 Å². The van der Waals surface area contributed by atoms with E-state index in [9.17, 15) is 19.2 Å². The molecule has 0 radical (unpaired) electrons. The minimum Gasteiger partial charge on any atom is -0.468 e. The van der Waals surface area contributed by atoms with Crippen LogP contribution >= 0.6 is 15.8 Å². The van der Waals surface area contributed by atoms with Crippen LogP contribution in [0.4, 0.5) is 0 Å². The van der Waals surface area contributed by atoms with Crippen LogP contribution in [0.3, 0.4) is 0 Å². The number of carbonyl (C=O) groups is 4. The SMILES string of the molecule is COC(=O)C(C(=O)OC)[C@H](c1[c-]c([C@@H](C(C(=O)OC)C(=O)OC)P(c2ccccc2)c2ccccc2)ccc1)P(c1ccccc1)c1ccccc1.[Pt]. The van der Waals surface area contributed by atoms with Crippen LogP contribution in [0.2, 0.25) is 0 Å². The molecule has 0 aliphatic heterocycles. The monoisotopic (exact) mass is 928 g/mol. The van der Waals surface area contributed by atoms with Crippen molar-refractivity contribution in [2.75, 3.05) is 28.4 Å². The summed E-state index contributed by atoms with van der Waals surface area (Å²) >= 11 is 0. The Morgan fingerprint density at radius 2 is 0.660 bits per heavy atom. The van der Waals surface area contributed by atoms with Gasteiger partial charge in [0.1, 0.15) is 0 Å². The molecule has 0 aliphatic rings. The number of carbonyl (C=O) groups excluding carboxylic acids is 4. The van der Waals surface area contributed by atoms with Crippen LogP contribution < -0.4 is 21.2 Å². The smallest absolute Gasteiger partial charge is 0.320 e. The van der Waals surface area contributed by atoms with Gasteiger partial charge in [-0.25, -0.2) is 0 Å². The van der Waals surface area contributed by atoms with Crippen LogP contribution in [0.1, 0.15) is 22.4 Å². The fraction of sp³-hybridized carbons (Fsp3) is 0.190. The Bertz CT molecular complexity index is 1700. The molecule has 5 rings (SSSR count). The largest absolute Gasteiger partial charge is 0.468 e. The third kappa shape index (κ3) is 9.56. The Morgan fingerprint density at radius 3 is 0.887 bits per heavy atom. The summed E-state index contributed by atoms with van der Waals surface area (Å²) in [6.45, 7) is 0. The zero-order valence-corrected chi connectivity index (χ0v) is 33.6. The average molecular weight is 929 g/mol. The van der Waals surface area contributed by atoms with Crippen molar-refractivity contribution in [1.82, 2.24) is 0 Å². The molecule has 0 aliphatic carbocycles. The Labute approximate surface area is 327 Å². The third-order valence-electron chi connectivity index (χ3n) is 8.62. The molecule has 53 heavy (non-hydrogen) atoms. The molecule has 0 aromatic heterocycles. The first kappa shape index (κ1) is 41.3. The van der Waals surface area contributed by atoms with Gasteiger partial charge in [0.25, 0.3) is 0 Å². The number of ether oxygens (including phenoxy) is 4. The zero-order chi connectivity index (χ0) is 37.0. The van der Waals surface area contributed by atoms with Gasteiger partial charge in [0.15, 0.2) is 11.8 Å². The summed E-state index contributed by atoms with van der Waals surface area (Å²) in [6.07, 6.45) is 0. The molecule has 0 unspecified atom stereocenters. The van der Waals surface area contributed by atoms with Crippen molar-refractivity contribution in [2.45, 2.75) is 11.3 Å². The summed E-state index contributed by atoms with van der Waals surface area (Å²) in [4.78, 5) is 54.8. The van der Waals surface area contributed by atoms with E-state index in [2.05, 4.69) is 6.07 Å². The van der Waals surface area contributed by atoms with Gasteiger partial charge in [-0.15, -0.1) is 0 Å². The first-order valence-corrected chi connectivity index (χ1v) is 19.3. The Hall–Kier alpha value is -4.47. The molecule has 0 saturated carbocycles. The van der Waals surface area contributed by atoms with Crippen molar-refractivity contribution < 1.29 is 59.2 Å². The number of benzene rings is 5. The van der Waals surface area contributed by atoms with Gasteiger partial charge < -0.3 is 18.9 Å². The van der Waals surface area contributed by atoms with Gasteiger partial charge in [-0.2, -0.15) is 35.4 Å². The third-order valence-corrected chi connectivity index (χ3v) is 14.3. The molecule has 5 aromatic carbocycles. The van der Waals surface area contributed by atoms with E-state index in [1.54, 1.807) is 6.07 Å². The molecule has 0 bridgehead atoms. The minimum absolute atomic E-state index is 0. The van der Waals surface area contributed by atoms with Crippen molar-refractivity contribution >= 4 is 60.9 Å². The van der Waals surface area contributed by atoms with Gasteiger partial charge in [0.2, 0.25) is 0 Å². The van der Waals surface area contributed by atoms with Crippen molar-refractivity contribution in [1.29, 1.82) is 0 Å². The molecule has 0 spiro atoms. The quantitative estimate of drug-likeness (QED) is 0.0456. The zero-order valence-electron chi connectivity index (χ0n) is 29.6. The Kier molecular flexibility index (Phi) is 15.7. The number of methoxy groups -OCH3 is 4. The van der Waals surface area contributed by atoms with Crippen molar-refractivity contribution in [3.8, 4) is 0 Å². The van der Waals surface area contributed by atoms with E-state index in [-0.39, 0.29) is 21.1 Å². The van der Waals surface area contributed by atoms with Crippen molar-refractivity contribution in [2.24, 2.45) is 11.8 Å². The second-order valence-corrected chi connectivity index (χ2v) is 16.2. The topological polar surface area (TPSA) is 105 Å². The van der Waals surface area contributed by atoms with E-state index in [1.165, 1.54) is 28.4 Å². The first-order chi connectivity index (χ1) is 25.3. The molecular weight excluding hydrogens is 889 g/mol. The summed E-state index contributed by atoms with van der Waals surface area (Å²) in [5.74, 6) is -5.80. The molecular formula is C42H39O8P2Pt-. The number of hydrogen-bond donors (Lipinski definition) is 0. The van der Waals surface area contributed by atoms with Gasteiger partial charge in [-0.1, -0.05) is 121 Å². The molecule has 0 heterocycles. The Balaban J connectivity index is 0.00000627.